The van der Waals surface area contributed by atoms with Crippen molar-refractivity contribution in [1.82, 2.24) is 0 Å². The van der Waals surface area contributed by atoms with Crippen LogP contribution in [0.4, 0.5) is 5.69 Å². The Bertz CT molecular complexity index is 521. The van der Waals surface area contributed by atoms with Crippen molar-refractivity contribution in [3.05, 3.63) is 29.8 Å². The fourth-order valence-corrected chi connectivity index (χ4v) is 2.73. The lowest BCUT2D eigenvalue weighted by Crippen LogP contribution is -2.45. The summed E-state index contributed by atoms with van der Waals surface area (Å²) in [5, 5.41) is 3.34. The zero-order chi connectivity index (χ0) is 13.2. The van der Waals surface area contributed by atoms with E-state index in [1.807, 2.05) is 24.3 Å². The summed E-state index contributed by atoms with van der Waals surface area (Å²) in [4.78, 5) is 0. The van der Waals surface area contributed by atoms with Crippen molar-refractivity contribution in [2.45, 2.75) is 12.7 Å². The molecule has 5 heteroatoms. The Morgan fingerprint density at radius 2 is 2.11 bits per heavy atom. The third-order valence-electron chi connectivity index (χ3n) is 2.98. The zero-order valence-electron chi connectivity index (χ0n) is 10.8. The first-order chi connectivity index (χ1) is 8.36. The fourth-order valence-electron chi connectivity index (χ4n) is 1.94. The molecule has 0 atom stereocenters. The van der Waals surface area contributed by atoms with E-state index in [0.29, 0.717) is 0 Å². The van der Waals surface area contributed by atoms with Crippen LogP contribution < -0.4 is 5.32 Å². The molecule has 1 N–H and O–H groups in total. The van der Waals surface area contributed by atoms with Gasteiger partial charge in [0.15, 0.2) is 9.84 Å². The molecular weight excluding hydrogens is 250 g/mol. The molecule has 1 fully saturated rings. The van der Waals surface area contributed by atoms with Gasteiger partial charge in [-0.25, -0.2) is 8.42 Å². The van der Waals surface area contributed by atoms with Crippen LogP contribution in [0, 0.1) is 5.41 Å². The number of nitrogens with one attached hydrogen (secondary N) is 1. The Kier molecular flexibility index (Phi) is 3.64. The zero-order valence-corrected chi connectivity index (χ0v) is 11.6. The Morgan fingerprint density at radius 3 is 2.67 bits per heavy atom. The molecule has 4 nitrogen and oxygen atoms in total. The van der Waals surface area contributed by atoms with Crippen LogP contribution in [0.15, 0.2) is 24.3 Å². The minimum absolute atomic E-state index is 0.0862. The summed E-state index contributed by atoms with van der Waals surface area (Å²) in [6, 6.07) is 7.56. The largest absolute Gasteiger partial charge is 0.384 e. The van der Waals surface area contributed by atoms with E-state index in [9.17, 15) is 8.42 Å². The van der Waals surface area contributed by atoms with Crippen LogP contribution in [0.5, 0.6) is 0 Å². The van der Waals surface area contributed by atoms with Gasteiger partial charge in [0.1, 0.15) is 0 Å². The van der Waals surface area contributed by atoms with Gasteiger partial charge >= 0.3 is 0 Å². The number of anilines is 1. The van der Waals surface area contributed by atoms with Crippen molar-refractivity contribution in [1.29, 1.82) is 0 Å². The van der Waals surface area contributed by atoms with Gasteiger partial charge in [-0.05, 0) is 17.7 Å². The molecule has 100 valence electrons. The maximum Gasteiger partial charge on any atom is 0.151 e. The summed E-state index contributed by atoms with van der Waals surface area (Å²) in [5.74, 6) is 0.0862. The van der Waals surface area contributed by atoms with E-state index in [0.717, 1.165) is 31.0 Å². The number of benzene rings is 1. The fraction of sp³-hybridized carbons (Fsp3) is 0.538. The lowest BCUT2D eigenvalue weighted by Gasteiger charge is -2.38. The number of hydrogen-bond acceptors (Lipinski definition) is 4. The number of ether oxygens (including phenoxy) is 1. The van der Waals surface area contributed by atoms with Gasteiger partial charge in [-0.15, -0.1) is 0 Å². The molecule has 1 aliphatic rings. The summed E-state index contributed by atoms with van der Waals surface area (Å²) in [6.45, 7) is 4.57. The Hall–Kier alpha value is -1.07. The number of rotatable bonds is 5. The molecule has 1 aromatic rings. The van der Waals surface area contributed by atoms with Crippen molar-refractivity contribution in [2.75, 3.05) is 31.3 Å². The maximum absolute atomic E-state index is 11.2. The van der Waals surface area contributed by atoms with Crippen molar-refractivity contribution in [3.63, 3.8) is 0 Å². The highest BCUT2D eigenvalue weighted by Gasteiger charge is 2.32. The standard InChI is InChI=1S/C13H19NO3S/c1-13(9-17-10-13)8-14-12-5-3-4-11(6-12)7-18(2,15)16/h3-6,14H,7-10H2,1-2H3. The van der Waals surface area contributed by atoms with Crippen LogP contribution in [-0.4, -0.2) is 34.4 Å². The second kappa shape index (κ2) is 4.90. The number of sulfone groups is 1. The molecule has 0 aliphatic carbocycles. The normalized spacial score (nSPS) is 18.1. The Morgan fingerprint density at radius 1 is 1.39 bits per heavy atom. The van der Waals surface area contributed by atoms with E-state index in [1.54, 1.807) is 0 Å². The summed E-state index contributed by atoms with van der Waals surface area (Å²) >= 11 is 0. The lowest BCUT2D eigenvalue weighted by atomic mass is 9.88. The number of hydrogen-bond donors (Lipinski definition) is 1. The monoisotopic (exact) mass is 269 g/mol. The summed E-state index contributed by atoms with van der Waals surface area (Å²) in [6.07, 6.45) is 1.25. The Labute approximate surface area is 108 Å². The molecule has 1 aliphatic heterocycles. The predicted molar refractivity (Wildman–Crippen MR) is 72.4 cm³/mol. The van der Waals surface area contributed by atoms with Crippen molar-refractivity contribution in [2.24, 2.45) is 5.41 Å². The smallest absolute Gasteiger partial charge is 0.151 e. The third kappa shape index (κ3) is 3.71. The van der Waals surface area contributed by atoms with Crippen LogP contribution in [-0.2, 0) is 20.3 Å². The molecule has 0 amide bonds. The molecule has 18 heavy (non-hydrogen) atoms. The van der Waals surface area contributed by atoms with Gasteiger partial charge in [0.2, 0.25) is 0 Å². The van der Waals surface area contributed by atoms with E-state index in [2.05, 4.69) is 12.2 Å². The van der Waals surface area contributed by atoms with E-state index < -0.39 is 9.84 Å². The molecule has 0 radical (unpaired) electrons. The molecule has 1 aromatic carbocycles. The highest BCUT2D eigenvalue weighted by molar-refractivity contribution is 7.89. The van der Waals surface area contributed by atoms with Crippen molar-refractivity contribution < 1.29 is 13.2 Å². The summed E-state index contributed by atoms with van der Waals surface area (Å²) < 4.78 is 27.7. The molecule has 1 heterocycles. The van der Waals surface area contributed by atoms with Gasteiger partial charge in [0.05, 0.1) is 19.0 Å². The van der Waals surface area contributed by atoms with E-state index in [4.69, 9.17) is 4.74 Å². The first-order valence-electron chi connectivity index (χ1n) is 5.95. The molecule has 1 saturated heterocycles. The van der Waals surface area contributed by atoms with Gasteiger partial charge in [0, 0.05) is 23.9 Å². The van der Waals surface area contributed by atoms with Crippen LogP contribution in [0.25, 0.3) is 0 Å². The van der Waals surface area contributed by atoms with Crippen molar-refractivity contribution >= 4 is 15.5 Å². The maximum atomic E-state index is 11.2. The van der Waals surface area contributed by atoms with Crippen LogP contribution in [0.1, 0.15) is 12.5 Å². The molecule has 0 unspecified atom stereocenters. The quantitative estimate of drug-likeness (QED) is 0.883. The topological polar surface area (TPSA) is 55.4 Å². The molecule has 0 spiro atoms. The second-order valence-corrected chi connectivity index (χ2v) is 7.57. The van der Waals surface area contributed by atoms with E-state index in [-0.39, 0.29) is 11.2 Å². The van der Waals surface area contributed by atoms with Gasteiger partial charge in [-0.2, -0.15) is 0 Å². The van der Waals surface area contributed by atoms with Gasteiger partial charge in [0.25, 0.3) is 0 Å². The lowest BCUT2D eigenvalue weighted by molar-refractivity contribution is -0.0924. The molecule has 0 bridgehead atoms. The average molecular weight is 269 g/mol. The highest BCUT2D eigenvalue weighted by atomic mass is 32.2. The van der Waals surface area contributed by atoms with Gasteiger partial charge in [-0.1, -0.05) is 19.1 Å². The van der Waals surface area contributed by atoms with Gasteiger partial charge in [-0.3, -0.25) is 0 Å². The minimum Gasteiger partial charge on any atom is -0.384 e. The highest BCUT2D eigenvalue weighted by Crippen LogP contribution is 2.27. The van der Waals surface area contributed by atoms with Crippen molar-refractivity contribution in [3.8, 4) is 0 Å². The first-order valence-corrected chi connectivity index (χ1v) is 8.01. The molecule has 0 saturated carbocycles. The predicted octanol–water partition coefficient (Wildman–Crippen LogP) is 1.68. The Balaban J connectivity index is 1.98. The van der Waals surface area contributed by atoms with E-state index in [1.165, 1.54) is 6.26 Å². The summed E-state index contributed by atoms with van der Waals surface area (Å²) in [7, 11) is -2.98. The van der Waals surface area contributed by atoms with Crippen LogP contribution >= 0.6 is 0 Å². The molecule has 2 rings (SSSR count). The minimum atomic E-state index is -2.98. The van der Waals surface area contributed by atoms with E-state index >= 15 is 0 Å². The SMILES string of the molecule is CC1(CNc2cccc(CS(C)(=O)=O)c2)COC1. The second-order valence-electron chi connectivity index (χ2n) is 5.43. The molecular formula is C13H19NO3S. The molecule has 0 aromatic heterocycles. The third-order valence-corrected chi connectivity index (χ3v) is 3.83. The van der Waals surface area contributed by atoms with Crippen LogP contribution in [0.2, 0.25) is 0 Å². The van der Waals surface area contributed by atoms with Crippen LogP contribution in [0.3, 0.4) is 0 Å². The first kappa shape index (κ1) is 13.4. The van der Waals surface area contributed by atoms with Gasteiger partial charge < -0.3 is 10.1 Å². The summed E-state index contributed by atoms with van der Waals surface area (Å²) in [5.41, 5.74) is 1.98. The average Bonchev–Trinajstić information content (AvgIpc) is 2.22.